The molecule has 0 radical (unpaired) electrons. The van der Waals surface area contributed by atoms with E-state index in [9.17, 15) is 0 Å². The standard InChI is InChI=1S/C13H25N3O/c1-6-13(7-2,17-5)12(14-4)11-9-10-15-16(11)8-3/h9-10,12,14H,6-8H2,1-5H3. The van der Waals surface area contributed by atoms with Crippen LogP contribution < -0.4 is 5.32 Å². The highest BCUT2D eigenvalue weighted by Gasteiger charge is 2.37. The van der Waals surface area contributed by atoms with Crippen molar-refractivity contribution in [1.29, 1.82) is 0 Å². The molecule has 1 N–H and O–H groups in total. The van der Waals surface area contributed by atoms with E-state index in [-0.39, 0.29) is 11.6 Å². The van der Waals surface area contributed by atoms with Crippen LogP contribution in [0.5, 0.6) is 0 Å². The Hall–Kier alpha value is -0.870. The summed E-state index contributed by atoms with van der Waals surface area (Å²) in [6.45, 7) is 7.33. The van der Waals surface area contributed by atoms with Crippen molar-refractivity contribution in [3.8, 4) is 0 Å². The molecule has 1 rings (SSSR count). The summed E-state index contributed by atoms with van der Waals surface area (Å²) >= 11 is 0. The van der Waals surface area contributed by atoms with E-state index in [1.807, 2.05) is 17.9 Å². The molecule has 17 heavy (non-hydrogen) atoms. The van der Waals surface area contributed by atoms with E-state index >= 15 is 0 Å². The molecule has 0 bridgehead atoms. The summed E-state index contributed by atoms with van der Waals surface area (Å²) in [6, 6.07) is 2.24. The molecule has 0 aliphatic carbocycles. The Labute approximate surface area is 104 Å². The average molecular weight is 239 g/mol. The number of nitrogens with one attached hydrogen (secondary N) is 1. The van der Waals surface area contributed by atoms with Gasteiger partial charge in [-0.1, -0.05) is 13.8 Å². The molecule has 1 aromatic heterocycles. The summed E-state index contributed by atoms with van der Waals surface area (Å²) in [6.07, 6.45) is 3.80. The first-order valence-corrected chi connectivity index (χ1v) is 6.43. The molecule has 1 aromatic rings. The van der Waals surface area contributed by atoms with Crippen molar-refractivity contribution in [2.45, 2.75) is 51.8 Å². The molecule has 1 unspecified atom stereocenters. The molecule has 4 nitrogen and oxygen atoms in total. The van der Waals surface area contributed by atoms with Gasteiger partial charge in [0.05, 0.1) is 17.3 Å². The molecule has 1 heterocycles. The molecule has 0 fully saturated rings. The summed E-state index contributed by atoms with van der Waals surface area (Å²) in [5, 5.41) is 7.73. The Balaban J connectivity index is 3.13. The molecule has 4 heteroatoms. The largest absolute Gasteiger partial charge is 0.376 e. The van der Waals surface area contributed by atoms with Crippen LogP contribution >= 0.6 is 0 Å². The number of hydrogen-bond donors (Lipinski definition) is 1. The number of hydrogen-bond acceptors (Lipinski definition) is 3. The molecule has 98 valence electrons. The summed E-state index contributed by atoms with van der Waals surface area (Å²) in [5.41, 5.74) is 1.03. The lowest BCUT2D eigenvalue weighted by Crippen LogP contribution is -2.44. The Morgan fingerprint density at radius 2 is 2.06 bits per heavy atom. The van der Waals surface area contributed by atoms with Gasteiger partial charge in [0.1, 0.15) is 0 Å². The average Bonchev–Trinajstić information content (AvgIpc) is 2.84. The summed E-state index contributed by atoms with van der Waals surface area (Å²) < 4.78 is 7.84. The summed E-state index contributed by atoms with van der Waals surface area (Å²) in [4.78, 5) is 0. The number of methoxy groups -OCH3 is 1. The van der Waals surface area contributed by atoms with Gasteiger partial charge in [-0.25, -0.2) is 0 Å². The molecular formula is C13H25N3O. The van der Waals surface area contributed by atoms with Gasteiger partial charge in [-0.15, -0.1) is 0 Å². The van der Waals surface area contributed by atoms with Crippen LogP contribution in [0.4, 0.5) is 0 Å². The number of aryl methyl sites for hydroxylation is 1. The highest BCUT2D eigenvalue weighted by atomic mass is 16.5. The number of rotatable bonds is 7. The van der Waals surface area contributed by atoms with Crippen LogP contribution in [0.25, 0.3) is 0 Å². The Morgan fingerprint density at radius 1 is 1.41 bits per heavy atom. The molecule has 0 aliphatic heterocycles. The van der Waals surface area contributed by atoms with Gasteiger partial charge < -0.3 is 10.1 Å². The van der Waals surface area contributed by atoms with Crippen molar-refractivity contribution < 1.29 is 4.74 Å². The second kappa shape index (κ2) is 6.17. The highest BCUT2D eigenvalue weighted by molar-refractivity contribution is 5.13. The fraction of sp³-hybridized carbons (Fsp3) is 0.769. The monoisotopic (exact) mass is 239 g/mol. The normalized spacial score (nSPS) is 13.9. The van der Waals surface area contributed by atoms with Gasteiger partial charge in [0.25, 0.3) is 0 Å². The maximum atomic E-state index is 5.81. The lowest BCUT2D eigenvalue weighted by Gasteiger charge is -2.38. The summed E-state index contributed by atoms with van der Waals surface area (Å²) in [5.74, 6) is 0. The van der Waals surface area contributed by atoms with E-state index in [1.165, 1.54) is 5.69 Å². The van der Waals surface area contributed by atoms with Crippen molar-refractivity contribution in [1.82, 2.24) is 15.1 Å². The fourth-order valence-electron chi connectivity index (χ4n) is 2.60. The first-order chi connectivity index (χ1) is 8.18. The van der Waals surface area contributed by atoms with Crippen molar-refractivity contribution >= 4 is 0 Å². The van der Waals surface area contributed by atoms with E-state index < -0.39 is 0 Å². The smallest absolute Gasteiger partial charge is 0.0882 e. The van der Waals surface area contributed by atoms with Crippen molar-refractivity contribution in [2.24, 2.45) is 0 Å². The molecule has 0 saturated heterocycles. The van der Waals surface area contributed by atoms with Crippen LogP contribution in [0.2, 0.25) is 0 Å². The van der Waals surface area contributed by atoms with Gasteiger partial charge in [0.15, 0.2) is 0 Å². The van der Waals surface area contributed by atoms with Crippen molar-refractivity contribution in [2.75, 3.05) is 14.2 Å². The van der Waals surface area contributed by atoms with Gasteiger partial charge >= 0.3 is 0 Å². The van der Waals surface area contributed by atoms with Crippen LogP contribution in [-0.4, -0.2) is 29.5 Å². The van der Waals surface area contributed by atoms with Gasteiger partial charge in [0.2, 0.25) is 0 Å². The third-order valence-electron chi connectivity index (χ3n) is 3.76. The van der Waals surface area contributed by atoms with Crippen LogP contribution in [0.15, 0.2) is 12.3 Å². The molecule has 0 aliphatic rings. The van der Waals surface area contributed by atoms with Crippen molar-refractivity contribution in [3.05, 3.63) is 18.0 Å². The van der Waals surface area contributed by atoms with Crippen LogP contribution in [0, 0.1) is 0 Å². The number of aromatic nitrogens is 2. The first kappa shape index (κ1) is 14.2. The van der Waals surface area contributed by atoms with Gasteiger partial charge in [-0.3, -0.25) is 4.68 Å². The molecular weight excluding hydrogens is 214 g/mol. The topological polar surface area (TPSA) is 39.1 Å². The lowest BCUT2D eigenvalue weighted by molar-refractivity contribution is -0.0488. The van der Waals surface area contributed by atoms with E-state index in [0.717, 1.165) is 19.4 Å². The number of nitrogens with zero attached hydrogens (tertiary/aromatic N) is 2. The Kier molecular flexibility index (Phi) is 5.15. The summed E-state index contributed by atoms with van der Waals surface area (Å²) in [7, 11) is 3.78. The highest BCUT2D eigenvalue weighted by Crippen LogP contribution is 2.34. The minimum absolute atomic E-state index is 0.165. The predicted molar refractivity (Wildman–Crippen MR) is 70.0 cm³/mol. The van der Waals surface area contributed by atoms with E-state index in [0.29, 0.717) is 0 Å². The van der Waals surface area contributed by atoms with E-state index in [4.69, 9.17) is 4.74 Å². The van der Waals surface area contributed by atoms with Gasteiger partial charge in [-0.2, -0.15) is 5.10 Å². The number of ether oxygens (including phenoxy) is 1. The van der Waals surface area contributed by atoms with Gasteiger partial charge in [-0.05, 0) is 32.9 Å². The predicted octanol–water partition coefficient (Wildman–Crippen LogP) is 2.37. The molecule has 0 aromatic carbocycles. The molecule has 0 spiro atoms. The fourth-order valence-corrected chi connectivity index (χ4v) is 2.60. The van der Waals surface area contributed by atoms with E-state index in [1.54, 1.807) is 7.11 Å². The van der Waals surface area contributed by atoms with Gasteiger partial charge in [0, 0.05) is 19.9 Å². The Bertz CT molecular complexity index is 323. The maximum Gasteiger partial charge on any atom is 0.0882 e. The maximum absolute atomic E-state index is 5.81. The quantitative estimate of drug-likeness (QED) is 0.794. The van der Waals surface area contributed by atoms with Crippen LogP contribution in [-0.2, 0) is 11.3 Å². The third kappa shape index (κ3) is 2.53. The zero-order chi connectivity index (χ0) is 12.9. The second-order valence-electron chi connectivity index (χ2n) is 4.27. The van der Waals surface area contributed by atoms with Crippen LogP contribution in [0.3, 0.4) is 0 Å². The van der Waals surface area contributed by atoms with Crippen molar-refractivity contribution in [3.63, 3.8) is 0 Å². The minimum atomic E-state index is -0.165. The second-order valence-corrected chi connectivity index (χ2v) is 4.27. The number of likely N-dealkylation sites (N-methyl/N-ethyl adjacent to an activating group) is 1. The zero-order valence-corrected chi connectivity index (χ0v) is 11.7. The SMILES string of the molecule is CCn1nccc1C(NC)C(CC)(CC)OC. The molecule has 0 saturated carbocycles. The minimum Gasteiger partial charge on any atom is -0.376 e. The molecule has 0 amide bonds. The zero-order valence-electron chi connectivity index (χ0n) is 11.7. The lowest BCUT2D eigenvalue weighted by atomic mass is 9.86. The van der Waals surface area contributed by atoms with E-state index in [2.05, 4.69) is 37.3 Å². The molecule has 1 atom stereocenters. The Morgan fingerprint density at radius 3 is 2.47 bits per heavy atom. The first-order valence-electron chi connectivity index (χ1n) is 6.43. The third-order valence-corrected chi connectivity index (χ3v) is 3.76. The van der Waals surface area contributed by atoms with Crippen LogP contribution in [0.1, 0.15) is 45.3 Å².